The van der Waals surface area contributed by atoms with Gasteiger partial charge < -0.3 is 15.0 Å². The summed E-state index contributed by atoms with van der Waals surface area (Å²) in [6.07, 6.45) is 2.10. The van der Waals surface area contributed by atoms with Crippen molar-refractivity contribution in [2.45, 2.75) is 18.9 Å². The number of likely N-dealkylation sites (tertiary alicyclic amines) is 1. The van der Waals surface area contributed by atoms with E-state index >= 15 is 0 Å². The van der Waals surface area contributed by atoms with E-state index in [1.807, 2.05) is 0 Å². The van der Waals surface area contributed by atoms with Crippen molar-refractivity contribution >= 4 is 5.69 Å². The molecular weight excluding hydrogens is 219 g/mol. The topological polar surface area (TPSA) is 24.5 Å². The number of anilines is 1. The SMILES string of the molecule is COc1ccc(F)c(NC2CCN(C)CC2)c1. The molecule has 1 N–H and O–H groups in total. The number of hydrogen-bond donors (Lipinski definition) is 1. The molecule has 1 saturated heterocycles. The van der Waals surface area contributed by atoms with Gasteiger partial charge in [0.15, 0.2) is 0 Å². The fourth-order valence-electron chi connectivity index (χ4n) is 2.11. The van der Waals surface area contributed by atoms with Gasteiger partial charge in [-0.25, -0.2) is 4.39 Å². The molecule has 0 amide bonds. The lowest BCUT2D eigenvalue weighted by atomic mass is 10.1. The fourth-order valence-corrected chi connectivity index (χ4v) is 2.11. The minimum Gasteiger partial charge on any atom is -0.497 e. The van der Waals surface area contributed by atoms with Crippen LogP contribution in [-0.2, 0) is 0 Å². The van der Waals surface area contributed by atoms with Crippen molar-refractivity contribution in [2.24, 2.45) is 0 Å². The van der Waals surface area contributed by atoms with Gasteiger partial charge >= 0.3 is 0 Å². The number of ether oxygens (including phenoxy) is 1. The quantitative estimate of drug-likeness (QED) is 0.874. The first kappa shape index (κ1) is 12.2. The van der Waals surface area contributed by atoms with Crippen LogP contribution >= 0.6 is 0 Å². The summed E-state index contributed by atoms with van der Waals surface area (Å²) in [5, 5.41) is 3.26. The van der Waals surface area contributed by atoms with Gasteiger partial charge in [-0.05, 0) is 45.1 Å². The summed E-state index contributed by atoms with van der Waals surface area (Å²) < 4.78 is 18.7. The minimum absolute atomic E-state index is 0.218. The highest BCUT2D eigenvalue weighted by Crippen LogP contribution is 2.23. The largest absolute Gasteiger partial charge is 0.497 e. The molecule has 1 fully saturated rings. The maximum absolute atomic E-state index is 13.6. The van der Waals surface area contributed by atoms with E-state index < -0.39 is 0 Å². The van der Waals surface area contributed by atoms with Gasteiger partial charge in [-0.2, -0.15) is 0 Å². The van der Waals surface area contributed by atoms with Crippen LogP contribution in [0, 0.1) is 5.82 Å². The van der Waals surface area contributed by atoms with Crippen molar-refractivity contribution in [3.8, 4) is 5.75 Å². The van der Waals surface area contributed by atoms with Crippen LogP contribution in [0.3, 0.4) is 0 Å². The second kappa shape index (κ2) is 5.36. The van der Waals surface area contributed by atoms with Crippen LogP contribution in [0.25, 0.3) is 0 Å². The Bertz CT molecular complexity index is 376. The summed E-state index contributed by atoms with van der Waals surface area (Å²) in [7, 11) is 3.70. The maximum atomic E-state index is 13.6. The number of piperidine rings is 1. The molecule has 0 saturated carbocycles. The van der Waals surface area contributed by atoms with E-state index in [-0.39, 0.29) is 5.82 Å². The molecule has 1 aliphatic rings. The van der Waals surface area contributed by atoms with E-state index in [9.17, 15) is 4.39 Å². The number of hydrogen-bond acceptors (Lipinski definition) is 3. The van der Waals surface area contributed by atoms with Gasteiger partial charge in [-0.3, -0.25) is 0 Å². The molecule has 2 rings (SSSR count). The minimum atomic E-state index is -0.218. The monoisotopic (exact) mass is 238 g/mol. The molecule has 1 aliphatic heterocycles. The average molecular weight is 238 g/mol. The van der Waals surface area contributed by atoms with Crippen molar-refractivity contribution in [2.75, 3.05) is 32.6 Å². The molecule has 0 spiro atoms. The molecule has 0 atom stereocenters. The van der Waals surface area contributed by atoms with E-state index in [1.54, 1.807) is 19.2 Å². The Morgan fingerprint density at radius 1 is 1.35 bits per heavy atom. The van der Waals surface area contributed by atoms with Gasteiger partial charge in [0.1, 0.15) is 11.6 Å². The van der Waals surface area contributed by atoms with Gasteiger partial charge in [0.2, 0.25) is 0 Å². The smallest absolute Gasteiger partial charge is 0.146 e. The van der Waals surface area contributed by atoms with Crippen LogP contribution in [0.1, 0.15) is 12.8 Å². The van der Waals surface area contributed by atoms with E-state index in [2.05, 4.69) is 17.3 Å². The molecule has 0 unspecified atom stereocenters. The first-order chi connectivity index (χ1) is 8.19. The molecule has 1 aromatic carbocycles. The third-order valence-corrected chi connectivity index (χ3v) is 3.25. The van der Waals surface area contributed by atoms with E-state index in [0.29, 0.717) is 17.5 Å². The van der Waals surface area contributed by atoms with Crippen LogP contribution in [0.5, 0.6) is 5.75 Å². The van der Waals surface area contributed by atoms with Crippen LogP contribution in [0.2, 0.25) is 0 Å². The zero-order valence-corrected chi connectivity index (χ0v) is 10.4. The summed E-state index contributed by atoms with van der Waals surface area (Å²) in [6, 6.07) is 5.15. The highest BCUT2D eigenvalue weighted by molar-refractivity contribution is 5.50. The van der Waals surface area contributed by atoms with Crippen molar-refractivity contribution in [1.29, 1.82) is 0 Å². The Labute approximate surface area is 102 Å². The molecule has 4 heteroatoms. The number of rotatable bonds is 3. The van der Waals surface area contributed by atoms with Crippen LogP contribution in [0.15, 0.2) is 18.2 Å². The Kier molecular flexibility index (Phi) is 3.84. The zero-order valence-electron chi connectivity index (χ0n) is 10.4. The lowest BCUT2D eigenvalue weighted by Crippen LogP contribution is -2.36. The third kappa shape index (κ3) is 3.09. The highest BCUT2D eigenvalue weighted by Gasteiger charge is 2.17. The molecule has 1 heterocycles. The lowest BCUT2D eigenvalue weighted by Gasteiger charge is -2.30. The summed E-state index contributed by atoms with van der Waals surface area (Å²) in [4.78, 5) is 2.29. The molecular formula is C13H19FN2O. The highest BCUT2D eigenvalue weighted by atomic mass is 19.1. The predicted octanol–water partition coefficient (Wildman–Crippen LogP) is 2.34. The van der Waals surface area contributed by atoms with Crippen LogP contribution in [-0.4, -0.2) is 38.2 Å². The first-order valence-electron chi connectivity index (χ1n) is 5.97. The molecule has 0 radical (unpaired) electrons. The predicted molar refractivity (Wildman–Crippen MR) is 67.1 cm³/mol. The number of nitrogens with zero attached hydrogens (tertiary/aromatic N) is 1. The normalized spacial score (nSPS) is 18.1. The average Bonchev–Trinajstić information content (AvgIpc) is 2.35. The standard InChI is InChI=1S/C13H19FN2O/c1-16-7-5-10(6-8-16)15-13-9-11(17-2)3-4-12(13)14/h3-4,9-10,15H,5-8H2,1-2H3. The molecule has 0 aromatic heterocycles. The van der Waals surface area contributed by atoms with Crippen molar-refractivity contribution in [3.05, 3.63) is 24.0 Å². The van der Waals surface area contributed by atoms with Gasteiger partial charge in [0.25, 0.3) is 0 Å². The van der Waals surface area contributed by atoms with Crippen molar-refractivity contribution in [3.63, 3.8) is 0 Å². The summed E-state index contributed by atoms with van der Waals surface area (Å²) in [5.74, 6) is 0.464. The third-order valence-electron chi connectivity index (χ3n) is 3.25. The zero-order chi connectivity index (χ0) is 12.3. The Morgan fingerprint density at radius 2 is 2.06 bits per heavy atom. The molecule has 0 aliphatic carbocycles. The second-order valence-corrected chi connectivity index (χ2v) is 4.57. The number of halogens is 1. The Morgan fingerprint density at radius 3 is 2.71 bits per heavy atom. The Hall–Kier alpha value is -1.29. The number of methoxy groups -OCH3 is 1. The summed E-state index contributed by atoms with van der Waals surface area (Å²) >= 11 is 0. The first-order valence-corrected chi connectivity index (χ1v) is 5.97. The molecule has 17 heavy (non-hydrogen) atoms. The molecule has 0 bridgehead atoms. The van der Waals surface area contributed by atoms with E-state index in [1.165, 1.54) is 6.07 Å². The van der Waals surface area contributed by atoms with Crippen molar-refractivity contribution < 1.29 is 9.13 Å². The summed E-state index contributed by atoms with van der Waals surface area (Å²) in [6.45, 7) is 2.12. The van der Waals surface area contributed by atoms with Crippen LogP contribution < -0.4 is 10.1 Å². The number of benzene rings is 1. The van der Waals surface area contributed by atoms with Gasteiger partial charge in [0.05, 0.1) is 12.8 Å². The number of nitrogens with one attached hydrogen (secondary N) is 1. The Balaban J connectivity index is 2.02. The van der Waals surface area contributed by atoms with Crippen molar-refractivity contribution in [1.82, 2.24) is 4.90 Å². The fraction of sp³-hybridized carbons (Fsp3) is 0.538. The lowest BCUT2D eigenvalue weighted by molar-refractivity contribution is 0.263. The molecule has 3 nitrogen and oxygen atoms in total. The maximum Gasteiger partial charge on any atom is 0.146 e. The van der Waals surface area contributed by atoms with Gasteiger partial charge in [-0.15, -0.1) is 0 Å². The van der Waals surface area contributed by atoms with Gasteiger partial charge in [-0.1, -0.05) is 0 Å². The second-order valence-electron chi connectivity index (χ2n) is 4.57. The van der Waals surface area contributed by atoms with Crippen LogP contribution in [0.4, 0.5) is 10.1 Å². The molecule has 94 valence electrons. The van der Waals surface area contributed by atoms with E-state index in [4.69, 9.17) is 4.74 Å². The molecule has 1 aromatic rings. The van der Waals surface area contributed by atoms with E-state index in [0.717, 1.165) is 25.9 Å². The summed E-state index contributed by atoms with van der Waals surface area (Å²) in [5.41, 5.74) is 0.541. The van der Waals surface area contributed by atoms with Gasteiger partial charge in [0, 0.05) is 12.1 Å².